The lowest BCUT2D eigenvalue weighted by Gasteiger charge is -1.95. The Morgan fingerprint density at radius 3 is 2.09 bits per heavy atom. The second-order valence-electron chi connectivity index (χ2n) is 1.84. The Bertz CT molecular complexity index is 307. The molecular formula is C7H2BrF2N. The van der Waals surface area contributed by atoms with Gasteiger partial charge in [0, 0.05) is 0 Å². The molecule has 0 bridgehead atoms. The van der Waals surface area contributed by atoms with Crippen molar-refractivity contribution >= 4 is 21.6 Å². The molecule has 0 saturated heterocycles. The van der Waals surface area contributed by atoms with Crippen LogP contribution in [0.25, 0.3) is 4.85 Å². The summed E-state index contributed by atoms with van der Waals surface area (Å²) in [6, 6.07) is 1.94. The van der Waals surface area contributed by atoms with Crippen molar-refractivity contribution in [2.75, 3.05) is 0 Å². The number of nitrogens with zero attached hydrogens (tertiary/aromatic N) is 1. The first kappa shape index (κ1) is 8.15. The molecule has 1 aromatic rings. The van der Waals surface area contributed by atoms with E-state index in [-0.39, 0.29) is 10.2 Å². The maximum atomic E-state index is 12.6. The van der Waals surface area contributed by atoms with Crippen molar-refractivity contribution in [1.29, 1.82) is 0 Å². The minimum atomic E-state index is -0.754. The van der Waals surface area contributed by atoms with E-state index in [1.54, 1.807) is 0 Å². The van der Waals surface area contributed by atoms with Crippen LogP contribution in [0.2, 0.25) is 0 Å². The lowest BCUT2D eigenvalue weighted by atomic mass is 10.3. The largest absolute Gasteiger partial charge is 0.238 e. The van der Waals surface area contributed by atoms with Gasteiger partial charge < -0.3 is 0 Å². The van der Waals surface area contributed by atoms with E-state index in [0.29, 0.717) is 0 Å². The molecule has 0 unspecified atom stereocenters. The highest BCUT2D eigenvalue weighted by Gasteiger charge is 2.06. The molecule has 0 spiro atoms. The molecule has 0 aromatic heterocycles. The van der Waals surface area contributed by atoms with Crippen LogP contribution >= 0.6 is 15.9 Å². The van der Waals surface area contributed by atoms with Crippen LogP contribution < -0.4 is 0 Å². The Labute approximate surface area is 70.6 Å². The summed E-state index contributed by atoms with van der Waals surface area (Å²) in [5.41, 5.74) is -0.0387. The topological polar surface area (TPSA) is 4.36 Å². The van der Waals surface area contributed by atoms with Crippen molar-refractivity contribution in [2.24, 2.45) is 0 Å². The van der Waals surface area contributed by atoms with E-state index in [2.05, 4.69) is 20.8 Å². The Kier molecular flexibility index (Phi) is 2.20. The monoisotopic (exact) mass is 217 g/mol. The van der Waals surface area contributed by atoms with Crippen molar-refractivity contribution in [1.82, 2.24) is 0 Å². The first-order valence-electron chi connectivity index (χ1n) is 2.67. The molecule has 0 N–H and O–H groups in total. The molecular weight excluding hydrogens is 216 g/mol. The fourth-order valence-electron chi connectivity index (χ4n) is 0.607. The summed E-state index contributed by atoms with van der Waals surface area (Å²) < 4.78 is 25.0. The number of hydrogen-bond acceptors (Lipinski definition) is 0. The van der Waals surface area contributed by atoms with Gasteiger partial charge >= 0.3 is 0 Å². The van der Waals surface area contributed by atoms with E-state index in [0.717, 1.165) is 12.1 Å². The number of halogens is 3. The summed E-state index contributed by atoms with van der Waals surface area (Å²) in [7, 11) is 0. The third-order valence-electron chi connectivity index (χ3n) is 1.10. The summed E-state index contributed by atoms with van der Waals surface area (Å²) in [5, 5.41) is 0. The Morgan fingerprint density at radius 2 is 1.73 bits per heavy atom. The van der Waals surface area contributed by atoms with Gasteiger partial charge in [0.15, 0.2) is 5.69 Å². The quantitative estimate of drug-likeness (QED) is 0.464. The molecule has 1 aromatic carbocycles. The molecule has 11 heavy (non-hydrogen) atoms. The molecule has 56 valence electrons. The standard InChI is InChI=1S/C7H2BrF2N/c1-11-4-2-5(9)7(8)6(10)3-4/h2-3H. The van der Waals surface area contributed by atoms with E-state index >= 15 is 0 Å². The molecule has 1 rings (SSSR count). The molecule has 1 nitrogen and oxygen atoms in total. The Balaban J connectivity index is 3.35. The van der Waals surface area contributed by atoms with Crippen LogP contribution in [0.5, 0.6) is 0 Å². The van der Waals surface area contributed by atoms with Gasteiger partial charge in [0.1, 0.15) is 11.6 Å². The average molecular weight is 218 g/mol. The van der Waals surface area contributed by atoms with Gasteiger partial charge in [-0.2, -0.15) is 0 Å². The SMILES string of the molecule is [C-]#[N+]c1cc(F)c(Br)c(F)c1. The highest BCUT2D eigenvalue weighted by molar-refractivity contribution is 9.10. The summed E-state index contributed by atoms with van der Waals surface area (Å²) in [6.07, 6.45) is 0. The van der Waals surface area contributed by atoms with Gasteiger partial charge in [-0.3, -0.25) is 0 Å². The number of hydrogen-bond donors (Lipinski definition) is 0. The van der Waals surface area contributed by atoms with Crippen LogP contribution in [-0.4, -0.2) is 0 Å². The maximum Gasteiger partial charge on any atom is 0.193 e. The highest BCUT2D eigenvalue weighted by Crippen LogP contribution is 2.24. The van der Waals surface area contributed by atoms with Crippen LogP contribution in [0, 0.1) is 18.2 Å². The first-order valence-corrected chi connectivity index (χ1v) is 3.46. The summed E-state index contributed by atoms with van der Waals surface area (Å²) in [4.78, 5) is 2.88. The highest BCUT2D eigenvalue weighted by atomic mass is 79.9. The van der Waals surface area contributed by atoms with Gasteiger partial charge in [-0.05, 0) is 28.1 Å². The molecule has 0 aliphatic carbocycles. The van der Waals surface area contributed by atoms with Crippen molar-refractivity contribution < 1.29 is 8.78 Å². The van der Waals surface area contributed by atoms with Gasteiger partial charge in [0.2, 0.25) is 0 Å². The van der Waals surface area contributed by atoms with Crippen molar-refractivity contribution in [3.8, 4) is 0 Å². The third kappa shape index (κ3) is 1.55. The van der Waals surface area contributed by atoms with Crippen LogP contribution in [0.15, 0.2) is 16.6 Å². The normalized spacial score (nSPS) is 9.27. The predicted octanol–water partition coefficient (Wildman–Crippen LogP) is 3.28. The van der Waals surface area contributed by atoms with Gasteiger partial charge in [-0.1, -0.05) is 0 Å². The Hall–Kier alpha value is -0.950. The molecule has 0 atom stereocenters. The third-order valence-corrected chi connectivity index (χ3v) is 1.86. The van der Waals surface area contributed by atoms with Gasteiger partial charge in [0.05, 0.1) is 11.0 Å². The van der Waals surface area contributed by atoms with E-state index < -0.39 is 11.6 Å². The fraction of sp³-hybridized carbons (Fsp3) is 0. The van der Waals surface area contributed by atoms with Gasteiger partial charge in [-0.25, -0.2) is 13.6 Å². The van der Waals surface area contributed by atoms with Gasteiger partial charge in [-0.15, -0.1) is 0 Å². The maximum absolute atomic E-state index is 12.6. The minimum Gasteiger partial charge on any atom is -0.238 e. The van der Waals surface area contributed by atoms with Gasteiger partial charge in [0.25, 0.3) is 0 Å². The zero-order chi connectivity index (χ0) is 8.43. The predicted molar refractivity (Wildman–Crippen MR) is 40.3 cm³/mol. The smallest absolute Gasteiger partial charge is 0.193 e. The zero-order valence-corrected chi connectivity index (χ0v) is 6.82. The summed E-state index contributed by atoms with van der Waals surface area (Å²) in [5.74, 6) is -1.51. The average Bonchev–Trinajstić information content (AvgIpc) is 1.99. The molecule has 0 heterocycles. The van der Waals surface area contributed by atoms with Crippen LogP contribution in [-0.2, 0) is 0 Å². The molecule has 0 aliphatic rings. The molecule has 0 amide bonds. The van der Waals surface area contributed by atoms with Crippen molar-refractivity contribution in [3.05, 3.63) is 39.7 Å². The number of rotatable bonds is 0. The lowest BCUT2D eigenvalue weighted by Crippen LogP contribution is -1.81. The van der Waals surface area contributed by atoms with E-state index in [1.807, 2.05) is 0 Å². The first-order chi connectivity index (χ1) is 5.15. The van der Waals surface area contributed by atoms with E-state index in [1.165, 1.54) is 0 Å². The molecule has 0 fully saturated rings. The Morgan fingerprint density at radius 1 is 1.27 bits per heavy atom. The number of benzene rings is 1. The fourth-order valence-corrected chi connectivity index (χ4v) is 0.836. The van der Waals surface area contributed by atoms with E-state index in [4.69, 9.17) is 6.57 Å². The van der Waals surface area contributed by atoms with Crippen LogP contribution in [0.1, 0.15) is 0 Å². The van der Waals surface area contributed by atoms with Crippen molar-refractivity contribution in [3.63, 3.8) is 0 Å². The van der Waals surface area contributed by atoms with Crippen molar-refractivity contribution in [2.45, 2.75) is 0 Å². The van der Waals surface area contributed by atoms with Crippen LogP contribution in [0.3, 0.4) is 0 Å². The molecule has 0 aliphatic heterocycles. The zero-order valence-electron chi connectivity index (χ0n) is 5.24. The summed E-state index contributed by atoms with van der Waals surface area (Å²) in [6.45, 7) is 6.48. The van der Waals surface area contributed by atoms with Crippen LogP contribution in [0.4, 0.5) is 14.5 Å². The molecule has 0 saturated carbocycles. The minimum absolute atomic E-state index is 0.0387. The second-order valence-corrected chi connectivity index (χ2v) is 2.63. The summed E-state index contributed by atoms with van der Waals surface area (Å²) >= 11 is 2.69. The van der Waals surface area contributed by atoms with E-state index in [9.17, 15) is 8.78 Å². The second kappa shape index (κ2) is 2.97. The molecule has 0 radical (unpaired) electrons. The molecule has 4 heteroatoms. The lowest BCUT2D eigenvalue weighted by molar-refractivity contribution is 0.573.